The summed E-state index contributed by atoms with van der Waals surface area (Å²) >= 11 is 1.61. The summed E-state index contributed by atoms with van der Waals surface area (Å²) in [5, 5.41) is 2.76. The lowest BCUT2D eigenvalue weighted by atomic mass is 10.1. The zero-order valence-electron chi connectivity index (χ0n) is 14.7. The number of hydrogen-bond acceptors (Lipinski definition) is 5. The van der Waals surface area contributed by atoms with Gasteiger partial charge in [-0.15, -0.1) is 0 Å². The molecule has 2 aromatic carbocycles. The molecule has 138 valence electrons. The van der Waals surface area contributed by atoms with Gasteiger partial charge in [0.05, 0.1) is 0 Å². The van der Waals surface area contributed by atoms with Crippen molar-refractivity contribution in [2.24, 2.45) is 0 Å². The second-order valence-electron chi connectivity index (χ2n) is 5.50. The Morgan fingerprint density at radius 2 is 1.65 bits per heavy atom. The van der Waals surface area contributed by atoms with E-state index in [0.717, 1.165) is 11.5 Å². The van der Waals surface area contributed by atoms with Crippen molar-refractivity contribution in [1.29, 1.82) is 0 Å². The highest BCUT2D eigenvalue weighted by Gasteiger charge is 2.22. The maximum Gasteiger partial charge on any atom is 0.328 e. The average molecular weight is 373 g/mol. The van der Waals surface area contributed by atoms with E-state index < -0.39 is 12.0 Å². The highest BCUT2D eigenvalue weighted by molar-refractivity contribution is 7.98. The van der Waals surface area contributed by atoms with Crippen LogP contribution in [-0.4, -0.2) is 43.1 Å². The molecule has 0 heterocycles. The molecule has 5 nitrogen and oxygen atoms in total. The minimum Gasteiger partial charge on any atom is -0.490 e. The molecule has 0 aromatic heterocycles. The Hall–Kier alpha value is -2.47. The number of hydrogen-bond donors (Lipinski definition) is 1. The van der Waals surface area contributed by atoms with Gasteiger partial charge in [0.25, 0.3) is 5.91 Å². The Morgan fingerprint density at radius 1 is 1.00 bits per heavy atom. The largest absolute Gasteiger partial charge is 0.490 e. The molecule has 0 saturated heterocycles. The van der Waals surface area contributed by atoms with Crippen molar-refractivity contribution in [3.05, 3.63) is 66.2 Å². The lowest BCUT2D eigenvalue weighted by molar-refractivity contribution is -0.146. The fourth-order valence-electron chi connectivity index (χ4n) is 2.23. The molecule has 0 spiro atoms. The Labute approximate surface area is 158 Å². The van der Waals surface area contributed by atoms with E-state index in [1.807, 2.05) is 42.7 Å². The number of ether oxygens (including phenoxy) is 2. The fraction of sp³-hybridized carbons (Fsp3) is 0.300. The first kappa shape index (κ1) is 19.8. The van der Waals surface area contributed by atoms with Crippen LogP contribution in [0.1, 0.15) is 16.8 Å². The van der Waals surface area contributed by atoms with Crippen LogP contribution in [0, 0.1) is 0 Å². The first-order chi connectivity index (χ1) is 12.7. The molecule has 2 aromatic rings. The number of benzene rings is 2. The maximum atomic E-state index is 12.3. The minimum atomic E-state index is -0.674. The highest BCUT2D eigenvalue weighted by Crippen LogP contribution is 2.08. The number of rotatable bonds is 10. The van der Waals surface area contributed by atoms with Gasteiger partial charge < -0.3 is 14.8 Å². The molecule has 1 N–H and O–H groups in total. The summed E-state index contributed by atoms with van der Waals surface area (Å²) in [4.78, 5) is 24.6. The third-order valence-corrected chi connectivity index (χ3v) is 4.22. The average Bonchev–Trinajstić information content (AvgIpc) is 2.69. The Bertz CT molecular complexity index is 679. The van der Waals surface area contributed by atoms with Gasteiger partial charge in [-0.2, -0.15) is 11.8 Å². The van der Waals surface area contributed by atoms with Crippen molar-refractivity contribution in [3.63, 3.8) is 0 Å². The van der Waals surface area contributed by atoms with Gasteiger partial charge in [0.1, 0.15) is 25.0 Å². The van der Waals surface area contributed by atoms with Gasteiger partial charge in [-0.05, 0) is 42.7 Å². The van der Waals surface area contributed by atoms with Crippen LogP contribution in [0.3, 0.4) is 0 Å². The van der Waals surface area contributed by atoms with E-state index in [0.29, 0.717) is 12.0 Å². The van der Waals surface area contributed by atoms with Crippen LogP contribution < -0.4 is 10.1 Å². The second-order valence-corrected chi connectivity index (χ2v) is 6.49. The molecule has 0 aliphatic carbocycles. The van der Waals surface area contributed by atoms with Gasteiger partial charge in [0, 0.05) is 5.56 Å². The summed E-state index contributed by atoms with van der Waals surface area (Å²) in [5.41, 5.74) is 0.516. The predicted octanol–water partition coefficient (Wildman–Crippen LogP) is 3.16. The van der Waals surface area contributed by atoms with Crippen LogP contribution in [0.2, 0.25) is 0 Å². The van der Waals surface area contributed by atoms with Crippen LogP contribution in [0.5, 0.6) is 5.75 Å². The standard InChI is InChI=1S/C20H23NO4S/c1-26-15-12-18(21-19(22)16-8-4-2-5-9-16)20(23)25-14-13-24-17-10-6-3-7-11-17/h2-11,18H,12-15H2,1H3,(H,21,22). The lowest BCUT2D eigenvalue weighted by Gasteiger charge is -2.17. The molecular weight excluding hydrogens is 350 g/mol. The van der Waals surface area contributed by atoms with Crippen LogP contribution in [0.25, 0.3) is 0 Å². The van der Waals surface area contributed by atoms with E-state index in [1.54, 1.807) is 36.0 Å². The summed E-state index contributed by atoms with van der Waals surface area (Å²) in [7, 11) is 0. The van der Waals surface area contributed by atoms with Crippen molar-refractivity contribution in [2.75, 3.05) is 25.2 Å². The van der Waals surface area contributed by atoms with Gasteiger partial charge >= 0.3 is 5.97 Å². The molecule has 0 aliphatic rings. The van der Waals surface area contributed by atoms with Gasteiger partial charge in [0.15, 0.2) is 0 Å². The number of amides is 1. The van der Waals surface area contributed by atoms with Crippen molar-refractivity contribution >= 4 is 23.6 Å². The molecule has 0 bridgehead atoms. The number of thioether (sulfide) groups is 1. The summed E-state index contributed by atoms with van der Waals surface area (Å²) in [6, 6.07) is 17.5. The quantitative estimate of drug-likeness (QED) is 0.512. The molecule has 26 heavy (non-hydrogen) atoms. The maximum absolute atomic E-state index is 12.3. The van der Waals surface area contributed by atoms with Crippen molar-refractivity contribution in [3.8, 4) is 5.75 Å². The van der Waals surface area contributed by atoms with E-state index in [1.165, 1.54) is 0 Å². The molecule has 0 saturated carbocycles. The van der Waals surface area contributed by atoms with Gasteiger partial charge in [-0.25, -0.2) is 4.79 Å². The molecule has 1 amide bonds. The first-order valence-corrected chi connectivity index (χ1v) is 9.79. The van der Waals surface area contributed by atoms with Crippen molar-refractivity contribution in [2.45, 2.75) is 12.5 Å². The Morgan fingerprint density at radius 3 is 2.31 bits per heavy atom. The van der Waals surface area contributed by atoms with Gasteiger partial charge in [-0.3, -0.25) is 4.79 Å². The molecule has 0 radical (unpaired) electrons. The first-order valence-electron chi connectivity index (χ1n) is 8.40. The van der Waals surface area contributed by atoms with E-state index in [-0.39, 0.29) is 19.1 Å². The number of carbonyl (C=O) groups is 2. The third kappa shape index (κ3) is 6.80. The molecule has 6 heteroatoms. The van der Waals surface area contributed by atoms with Gasteiger partial charge in [-0.1, -0.05) is 36.4 Å². The SMILES string of the molecule is CSCCC(NC(=O)c1ccccc1)C(=O)OCCOc1ccccc1. The molecule has 1 atom stereocenters. The summed E-state index contributed by atoms with van der Waals surface area (Å²) < 4.78 is 10.8. The monoisotopic (exact) mass is 373 g/mol. The van der Waals surface area contributed by atoms with Crippen LogP contribution in [0.15, 0.2) is 60.7 Å². The third-order valence-electron chi connectivity index (χ3n) is 3.58. The van der Waals surface area contributed by atoms with E-state index in [4.69, 9.17) is 9.47 Å². The zero-order valence-corrected chi connectivity index (χ0v) is 15.5. The fourth-order valence-corrected chi connectivity index (χ4v) is 2.71. The normalized spacial score (nSPS) is 11.4. The number of para-hydroxylation sites is 1. The smallest absolute Gasteiger partial charge is 0.328 e. The van der Waals surface area contributed by atoms with Crippen LogP contribution >= 0.6 is 11.8 Å². The lowest BCUT2D eigenvalue weighted by Crippen LogP contribution is -2.42. The van der Waals surface area contributed by atoms with Crippen molar-refractivity contribution < 1.29 is 19.1 Å². The topological polar surface area (TPSA) is 64.6 Å². The molecule has 1 unspecified atom stereocenters. The number of esters is 1. The van der Waals surface area contributed by atoms with E-state index in [2.05, 4.69) is 5.32 Å². The minimum absolute atomic E-state index is 0.130. The number of carbonyl (C=O) groups excluding carboxylic acids is 2. The van der Waals surface area contributed by atoms with Crippen LogP contribution in [0.4, 0.5) is 0 Å². The Kier molecular flexibility index (Phi) is 8.55. The van der Waals surface area contributed by atoms with Gasteiger partial charge in [0.2, 0.25) is 0 Å². The molecule has 2 rings (SSSR count). The van der Waals surface area contributed by atoms with Crippen LogP contribution in [-0.2, 0) is 9.53 Å². The number of nitrogens with one attached hydrogen (secondary N) is 1. The molecular formula is C20H23NO4S. The summed E-state index contributed by atoms with van der Waals surface area (Å²) in [5.74, 6) is 0.740. The summed E-state index contributed by atoms with van der Waals surface area (Å²) in [6.07, 6.45) is 2.47. The zero-order chi connectivity index (χ0) is 18.6. The van der Waals surface area contributed by atoms with E-state index >= 15 is 0 Å². The highest BCUT2D eigenvalue weighted by atomic mass is 32.2. The molecule has 0 fully saturated rings. The Balaban J connectivity index is 1.82. The molecule has 0 aliphatic heterocycles. The predicted molar refractivity (Wildman–Crippen MR) is 104 cm³/mol. The van der Waals surface area contributed by atoms with E-state index in [9.17, 15) is 9.59 Å². The summed E-state index contributed by atoms with van der Waals surface area (Å²) in [6.45, 7) is 0.391. The second kappa shape index (κ2) is 11.2. The van der Waals surface area contributed by atoms with Crippen molar-refractivity contribution in [1.82, 2.24) is 5.32 Å².